The Hall–Kier alpha value is -3.15. The van der Waals surface area contributed by atoms with E-state index in [2.05, 4.69) is 24.0 Å². The predicted octanol–water partition coefficient (Wildman–Crippen LogP) is 7.21. The summed E-state index contributed by atoms with van der Waals surface area (Å²) in [4.78, 5) is 16.5. The topological polar surface area (TPSA) is 49.8 Å². The third kappa shape index (κ3) is 5.42. The molecule has 1 aliphatic rings. The number of phenols is 1. The number of thiophene rings is 1. The van der Waals surface area contributed by atoms with Crippen LogP contribution in [0.1, 0.15) is 46.1 Å². The number of rotatable bonds is 8. The normalized spacial score (nSPS) is 16.1. The van der Waals surface area contributed by atoms with Crippen LogP contribution in [-0.4, -0.2) is 35.4 Å². The van der Waals surface area contributed by atoms with Crippen molar-refractivity contribution < 1.29 is 14.6 Å². The smallest absolute Gasteiger partial charge is 0.206 e. The largest absolute Gasteiger partial charge is 0.508 e. The van der Waals surface area contributed by atoms with Gasteiger partial charge in [-0.3, -0.25) is 4.79 Å². The molecule has 0 bridgehead atoms. The first-order chi connectivity index (χ1) is 17.0. The van der Waals surface area contributed by atoms with Crippen molar-refractivity contribution in [2.24, 2.45) is 5.92 Å². The zero-order chi connectivity index (χ0) is 24.4. The molecule has 3 aromatic carbocycles. The second kappa shape index (κ2) is 10.2. The molecule has 0 spiro atoms. The molecule has 0 saturated carbocycles. The first-order valence-corrected chi connectivity index (χ1v) is 13.1. The molecule has 1 aliphatic heterocycles. The van der Waals surface area contributed by atoms with Gasteiger partial charge in [-0.2, -0.15) is 0 Å². The second-order valence-electron chi connectivity index (χ2n) is 9.68. The molecular formula is C30H31NO3S. The molecule has 1 N–H and O–H groups in total. The summed E-state index contributed by atoms with van der Waals surface area (Å²) in [6, 6.07) is 20.9. The minimum atomic E-state index is -0.0754. The second-order valence-corrected chi connectivity index (χ2v) is 10.7. The summed E-state index contributed by atoms with van der Waals surface area (Å²) in [7, 11) is 0. The van der Waals surface area contributed by atoms with Crippen molar-refractivity contribution >= 4 is 27.2 Å². The van der Waals surface area contributed by atoms with Crippen LogP contribution in [0.2, 0.25) is 0 Å². The minimum Gasteiger partial charge on any atom is -0.508 e. The summed E-state index contributed by atoms with van der Waals surface area (Å²) in [5.41, 5.74) is 3.02. The summed E-state index contributed by atoms with van der Waals surface area (Å²) in [5.74, 6) is 2.17. The van der Waals surface area contributed by atoms with Gasteiger partial charge < -0.3 is 14.7 Å². The average molecular weight is 486 g/mol. The van der Waals surface area contributed by atoms with Crippen LogP contribution in [-0.2, 0) is 6.42 Å². The van der Waals surface area contributed by atoms with Gasteiger partial charge >= 0.3 is 0 Å². The fourth-order valence-electron chi connectivity index (χ4n) is 4.73. The lowest BCUT2D eigenvalue weighted by atomic mass is 10.1. The number of fused-ring (bicyclic) bond motifs is 1. The molecule has 1 atom stereocenters. The fourth-order valence-corrected chi connectivity index (χ4v) is 5.85. The van der Waals surface area contributed by atoms with Crippen molar-refractivity contribution in [2.45, 2.75) is 33.1 Å². The van der Waals surface area contributed by atoms with E-state index in [1.54, 1.807) is 12.1 Å². The number of carbonyl (C=O) groups excluding carboxylic acids is 1. The summed E-state index contributed by atoms with van der Waals surface area (Å²) < 4.78 is 7.14. The summed E-state index contributed by atoms with van der Waals surface area (Å²) >= 11 is 1.35. The van der Waals surface area contributed by atoms with E-state index < -0.39 is 0 Å². The molecule has 0 unspecified atom stereocenters. The van der Waals surface area contributed by atoms with Crippen LogP contribution in [0.5, 0.6) is 17.2 Å². The predicted molar refractivity (Wildman–Crippen MR) is 143 cm³/mol. The number of phenolic OH excluding ortho intramolecular Hbond substituents is 1. The van der Waals surface area contributed by atoms with E-state index in [-0.39, 0.29) is 11.5 Å². The highest BCUT2D eigenvalue weighted by molar-refractivity contribution is 7.21. The van der Waals surface area contributed by atoms with E-state index in [1.165, 1.54) is 36.4 Å². The molecule has 0 aliphatic carbocycles. The van der Waals surface area contributed by atoms with Gasteiger partial charge in [0.1, 0.15) is 16.4 Å². The molecule has 1 aromatic heterocycles. The quantitative estimate of drug-likeness (QED) is 0.268. The Balaban J connectivity index is 1.34. The van der Waals surface area contributed by atoms with Gasteiger partial charge in [-0.1, -0.05) is 48.9 Å². The van der Waals surface area contributed by atoms with Gasteiger partial charge in [-0.15, -0.1) is 11.3 Å². The van der Waals surface area contributed by atoms with Gasteiger partial charge in [0.2, 0.25) is 5.78 Å². The third-order valence-corrected chi connectivity index (χ3v) is 7.87. The van der Waals surface area contributed by atoms with E-state index >= 15 is 0 Å². The SMILES string of the molecule is Cc1ccc(C(=O)c2sc3cc(O)ccc3c2Oc2ccc(CCCN3CC[C@H](C)C3)cc2)cc1. The minimum absolute atomic E-state index is 0.0754. The molecule has 35 heavy (non-hydrogen) atoms. The van der Waals surface area contributed by atoms with E-state index in [0.29, 0.717) is 21.9 Å². The number of hydrogen-bond acceptors (Lipinski definition) is 5. The van der Waals surface area contributed by atoms with Crippen molar-refractivity contribution in [1.82, 2.24) is 4.90 Å². The Bertz CT molecular complexity index is 1320. The van der Waals surface area contributed by atoms with E-state index in [0.717, 1.165) is 41.0 Å². The molecule has 180 valence electrons. The number of aromatic hydroxyl groups is 1. The van der Waals surface area contributed by atoms with Gasteiger partial charge in [0.05, 0.1) is 0 Å². The number of hydrogen-bond donors (Lipinski definition) is 1. The Morgan fingerprint density at radius 2 is 1.86 bits per heavy atom. The van der Waals surface area contributed by atoms with Gasteiger partial charge in [0.25, 0.3) is 0 Å². The van der Waals surface area contributed by atoms with E-state index in [9.17, 15) is 9.90 Å². The number of ketones is 1. The maximum absolute atomic E-state index is 13.4. The van der Waals surface area contributed by atoms with Crippen LogP contribution in [0, 0.1) is 12.8 Å². The van der Waals surface area contributed by atoms with Crippen molar-refractivity contribution in [1.29, 1.82) is 0 Å². The van der Waals surface area contributed by atoms with Gasteiger partial charge in [0, 0.05) is 22.2 Å². The van der Waals surface area contributed by atoms with Crippen LogP contribution in [0.4, 0.5) is 0 Å². The van der Waals surface area contributed by atoms with Crippen LogP contribution in [0.25, 0.3) is 10.1 Å². The number of ether oxygens (including phenoxy) is 1. The number of likely N-dealkylation sites (tertiary alicyclic amines) is 1. The van der Waals surface area contributed by atoms with E-state index in [1.807, 2.05) is 49.4 Å². The highest BCUT2D eigenvalue weighted by Gasteiger charge is 2.22. The Kier molecular flexibility index (Phi) is 6.89. The molecule has 5 heteroatoms. The molecular weight excluding hydrogens is 454 g/mol. The van der Waals surface area contributed by atoms with Crippen molar-refractivity contribution in [3.05, 3.63) is 88.3 Å². The number of nitrogens with zero attached hydrogens (tertiary/aromatic N) is 1. The molecule has 1 saturated heterocycles. The fraction of sp³-hybridized carbons (Fsp3) is 0.300. The lowest BCUT2D eigenvalue weighted by Gasteiger charge is -2.15. The van der Waals surface area contributed by atoms with Crippen molar-refractivity contribution in [3.63, 3.8) is 0 Å². The van der Waals surface area contributed by atoms with E-state index in [4.69, 9.17) is 4.74 Å². The lowest BCUT2D eigenvalue weighted by molar-refractivity contribution is 0.104. The number of carbonyl (C=O) groups is 1. The first kappa shape index (κ1) is 23.6. The standard InChI is InChI=1S/C30H31NO3S/c1-20-5-9-23(10-6-20)28(33)30-29(26-14-11-24(32)18-27(26)35-30)34-25-12-7-22(8-13-25)4-3-16-31-17-15-21(2)19-31/h5-14,18,21,32H,3-4,15-17,19H2,1-2H3/t21-/m0/s1. The van der Waals surface area contributed by atoms with Crippen LogP contribution >= 0.6 is 11.3 Å². The number of aryl methyl sites for hydroxylation is 2. The summed E-state index contributed by atoms with van der Waals surface area (Å²) in [6.07, 6.45) is 3.51. The van der Waals surface area contributed by atoms with Crippen LogP contribution < -0.4 is 4.74 Å². The Morgan fingerprint density at radius 1 is 1.09 bits per heavy atom. The molecule has 4 aromatic rings. The Morgan fingerprint density at radius 3 is 2.57 bits per heavy atom. The first-order valence-electron chi connectivity index (χ1n) is 12.3. The van der Waals surface area contributed by atoms with Gasteiger partial charge in [0.15, 0.2) is 5.75 Å². The summed E-state index contributed by atoms with van der Waals surface area (Å²) in [6.45, 7) is 7.94. The van der Waals surface area contributed by atoms with Crippen molar-refractivity contribution in [3.8, 4) is 17.2 Å². The highest BCUT2D eigenvalue weighted by Crippen LogP contribution is 2.42. The molecule has 1 fully saturated rings. The monoisotopic (exact) mass is 485 g/mol. The van der Waals surface area contributed by atoms with Crippen molar-refractivity contribution in [2.75, 3.05) is 19.6 Å². The van der Waals surface area contributed by atoms with Crippen LogP contribution in [0.15, 0.2) is 66.7 Å². The average Bonchev–Trinajstić information content (AvgIpc) is 3.43. The molecule has 5 rings (SSSR count). The molecule has 0 radical (unpaired) electrons. The highest BCUT2D eigenvalue weighted by atomic mass is 32.1. The zero-order valence-electron chi connectivity index (χ0n) is 20.3. The van der Waals surface area contributed by atoms with Gasteiger partial charge in [-0.05, 0) is 81.1 Å². The lowest BCUT2D eigenvalue weighted by Crippen LogP contribution is -2.21. The maximum Gasteiger partial charge on any atom is 0.206 e. The third-order valence-electron chi connectivity index (χ3n) is 6.74. The number of benzene rings is 3. The molecule has 4 nitrogen and oxygen atoms in total. The molecule has 2 heterocycles. The Labute approximate surface area is 210 Å². The molecule has 0 amide bonds. The van der Waals surface area contributed by atoms with Gasteiger partial charge in [-0.25, -0.2) is 0 Å². The maximum atomic E-state index is 13.4. The van der Waals surface area contributed by atoms with Crippen LogP contribution in [0.3, 0.4) is 0 Å². The summed E-state index contributed by atoms with van der Waals surface area (Å²) in [5, 5.41) is 10.8. The zero-order valence-corrected chi connectivity index (χ0v) is 21.1.